The van der Waals surface area contributed by atoms with E-state index in [2.05, 4.69) is 15.5 Å². The van der Waals surface area contributed by atoms with E-state index < -0.39 is 0 Å². The molecule has 2 rings (SSSR count). The number of amides is 1. The van der Waals surface area contributed by atoms with Gasteiger partial charge in [-0.1, -0.05) is 6.92 Å². The van der Waals surface area contributed by atoms with E-state index in [9.17, 15) is 9.18 Å². The Balaban J connectivity index is 2.16. The number of nitrogens with zero attached hydrogens (tertiary/aromatic N) is 1. The minimum Gasteiger partial charge on any atom is -0.352 e. The predicted octanol–water partition coefficient (Wildman–Crippen LogP) is 1.54. The highest BCUT2D eigenvalue weighted by Gasteiger charge is 2.15. The molecule has 1 aromatic carbocycles. The average Bonchev–Trinajstić information content (AvgIpc) is 2.94. The Morgan fingerprint density at radius 1 is 1.45 bits per heavy atom. The summed E-state index contributed by atoms with van der Waals surface area (Å²) in [6, 6.07) is 5.88. The van der Waals surface area contributed by atoms with Gasteiger partial charge in [-0.2, -0.15) is 5.10 Å². The summed E-state index contributed by atoms with van der Waals surface area (Å²) < 4.78 is 12.9. The number of benzene rings is 1. The van der Waals surface area contributed by atoms with E-state index in [4.69, 9.17) is 5.73 Å². The van der Waals surface area contributed by atoms with E-state index in [1.807, 2.05) is 6.92 Å². The maximum atomic E-state index is 12.9. The van der Waals surface area contributed by atoms with E-state index in [-0.39, 0.29) is 17.6 Å². The quantitative estimate of drug-likeness (QED) is 0.774. The van der Waals surface area contributed by atoms with Crippen molar-refractivity contribution >= 4 is 5.91 Å². The molecule has 4 N–H and O–H groups in total. The fraction of sp³-hybridized carbons (Fsp3) is 0.286. The van der Waals surface area contributed by atoms with Gasteiger partial charge in [-0.3, -0.25) is 9.89 Å². The number of carbonyl (C=O) groups excluding carboxylic acids is 1. The summed E-state index contributed by atoms with van der Waals surface area (Å²) in [6.07, 6.45) is 1.46. The predicted molar refractivity (Wildman–Crippen MR) is 74.5 cm³/mol. The normalized spacial score (nSPS) is 12.2. The van der Waals surface area contributed by atoms with Crippen LogP contribution in [0.4, 0.5) is 4.39 Å². The average molecular weight is 276 g/mol. The Hall–Kier alpha value is -2.21. The van der Waals surface area contributed by atoms with Crippen molar-refractivity contribution in [1.29, 1.82) is 0 Å². The molecule has 1 amide bonds. The molecule has 6 heteroatoms. The molecule has 5 nitrogen and oxygen atoms in total. The number of aromatic amines is 1. The summed E-state index contributed by atoms with van der Waals surface area (Å²) in [5, 5.41) is 9.46. The number of H-pyrrole nitrogens is 1. The van der Waals surface area contributed by atoms with Crippen LogP contribution >= 0.6 is 0 Å². The van der Waals surface area contributed by atoms with Crippen molar-refractivity contribution in [3.63, 3.8) is 0 Å². The molecule has 0 aliphatic heterocycles. The molecule has 0 aliphatic rings. The van der Waals surface area contributed by atoms with Crippen LogP contribution in [0.25, 0.3) is 11.3 Å². The van der Waals surface area contributed by atoms with E-state index in [0.717, 1.165) is 0 Å². The highest BCUT2D eigenvalue weighted by atomic mass is 19.1. The first-order chi connectivity index (χ1) is 9.61. The molecule has 0 spiro atoms. The van der Waals surface area contributed by atoms with Crippen LogP contribution in [-0.4, -0.2) is 29.2 Å². The first-order valence-electron chi connectivity index (χ1n) is 6.39. The minimum absolute atomic E-state index is 0.208. The third-order valence-corrected chi connectivity index (χ3v) is 3.03. The third kappa shape index (κ3) is 3.21. The van der Waals surface area contributed by atoms with Gasteiger partial charge in [0.05, 0.1) is 17.5 Å². The Morgan fingerprint density at radius 2 is 2.15 bits per heavy atom. The first-order valence-corrected chi connectivity index (χ1v) is 6.39. The lowest BCUT2D eigenvalue weighted by Gasteiger charge is -2.10. The van der Waals surface area contributed by atoms with Crippen LogP contribution in [0.15, 0.2) is 30.5 Å². The number of aromatic nitrogens is 2. The van der Waals surface area contributed by atoms with Crippen molar-refractivity contribution in [1.82, 2.24) is 15.5 Å². The molecule has 1 atom stereocenters. The number of rotatable bonds is 5. The molecule has 0 fully saturated rings. The van der Waals surface area contributed by atoms with E-state index in [1.165, 1.54) is 18.3 Å². The number of carbonyl (C=O) groups is 1. The van der Waals surface area contributed by atoms with Gasteiger partial charge >= 0.3 is 0 Å². The molecule has 106 valence electrons. The molecule has 0 saturated carbocycles. The van der Waals surface area contributed by atoms with E-state index in [0.29, 0.717) is 29.9 Å². The molecular weight excluding hydrogens is 259 g/mol. The lowest BCUT2D eigenvalue weighted by atomic mass is 10.1. The van der Waals surface area contributed by atoms with Crippen molar-refractivity contribution < 1.29 is 9.18 Å². The molecule has 0 bridgehead atoms. The zero-order valence-electron chi connectivity index (χ0n) is 11.2. The Kier molecular flexibility index (Phi) is 4.47. The summed E-state index contributed by atoms with van der Waals surface area (Å²) in [5.41, 5.74) is 7.22. The van der Waals surface area contributed by atoms with Gasteiger partial charge in [0.15, 0.2) is 0 Å². The molecular formula is C14H17FN4O. The second kappa shape index (κ2) is 6.29. The zero-order chi connectivity index (χ0) is 14.5. The second-order valence-electron chi connectivity index (χ2n) is 4.72. The fourth-order valence-corrected chi connectivity index (χ4v) is 1.74. The Labute approximate surface area is 116 Å². The molecule has 1 aromatic heterocycles. The second-order valence-corrected chi connectivity index (χ2v) is 4.72. The third-order valence-electron chi connectivity index (χ3n) is 3.03. The van der Waals surface area contributed by atoms with Crippen molar-refractivity contribution in [2.24, 2.45) is 11.7 Å². The van der Waals surface area contributed by atoms with Crippen LogP contribution in [0.1, 0.15) is 17.3 Å². The van der Waals surface area contributed by atoms with Crippen LogP contribution in [0.2, 0.25) is 0 Å². The van der Waals surface area contributed by atoms with Gasteiger partial charge in [-0.05, 0) is 36.7 Å². The summed E-state index contributed by atoms with van der Waals surface area (Å²) in [7, 11) is 0. The largest absolute Gasteiger partial charge is 0.352 e. The van der Waals surface area contributed by atoms with Gasteiger partial charge in [0.1, 0.15) is 5.82 Å². The summed E-state index contributed by atoms with van der Waals surface area (Å²) in [5.74, 6) is -0.338. The molecule has 2 aromatic rings. The first kappa shape index (κ1) is 14.2. The molecule has 20 heavy (non-hydrogen) atoms. The fourth-order valence-electron chi connectivity index (χ4n) is 1.74. The maximum absolute atomic E-state index is 12.9. The molecule has 0 radical (unpaired) electrons. The number of halogens is 1. The highest BCUT2D eigenvalue weighted by molar-refractivity contribution is 5.99. The van der Waals surface area contributed by atoms with E-state index in [1.54, 1.807) is 12.1 Å². The number of hydrogen-bond donors (Lipinski definition) is 3. The van der Waals surface area contributed by atoms with Crippen LogP contribution in [0.5, 0.6) is 0 Å². The van der Waals surface area contributed by atoms with Crippen molar-refractivity contribution in [2.75, 3.05) is 13.1 Å². The van der Waals surface area contributed by atoms with Gasteiger partial charge in [0, 0.05) is 12.1 Å². The lowest BCUT2D eigenvalue weighted by molar-refractivity contribution is 0.0949. The lowest BCUT2D eigenvalue weighted by Crippen LogP contribution is -2.31. The van der Waals surface area contributed by atoms with Crippen molar-refractivity contribution in [3.8, 4) is 11.3 Å². The number of nitrogens with two attached hydrogens (primary N) is 1. The van der Waals surface area contributed by atoms with E-state index >= 15 is 0 Å². The summed E-state index contributed by atoms with van der Waals surface area (Å²) >= 11 is 0. The summed E-state index contributed by atoms with van der Waals surface area (Å²) in [6.45, 7) is 2.97. The molecule has 0 aliphatic carbocycles. The standard InChI is InChI=1S/C14H17FN4O/c1-9(6-16)7-17-14(20)12-8-18-19-13(12)10-2-4-11(15)5-3-10/h2-5,8-9H,6-7,16H2,1H3,(H,17,20)(H,18,19). The van der Waals surface area contributed by atoms with Gasteiger partial charge in [0.25, 0.3) is 5.91 Å². The number of hydrogen-bond acceptors (Lipinski definition) is 3. The summed E-state index contributed by atoms with van der Waals surface area (Å²) in [4.78, 5) is 12.1. The SMILES string of the molecule is CC(CN)CNC(=O)c1cn[nH]c1-c1ccc(F)cc1. The van der Waals surface area contributed by atoms with Crippen LogP contribution in [0, 0.1) is 11.7 Å². The van der Waals surface area contributed by atoms with Gasteiger partial charge in [-0.25, -0.2) is 4.39 Å². The Bertz CT molecular complexity index is 579. The molecule has 0 saturated heterocycles. The molecule has 1 unspecified atom stereocenters. The number of nitrogens with one attached hydrogen (secondary N) is 2. The van der Waals surface area contributed by atoms with Gasteiger partial charge in [-0.15, -0.1) is 0 Å². The van der Waals surface area contributed by atoms with Crippen LogP contribution in [0.3, 0.4) is 0 Å². The van der Waals surface area contributed by atoms with Gasteiger partial charge < -0.3 is 11.1 Å². The smallest absolute Gasteiger partial charge is 0.255 e. The zero-order valence-corrected chi connectivity index (χ0v) is 11.2. The van der Waals surface area contributed by atoms with Crippen LogP contribution < -0.4 is 11.1 Å². The van der Waals surface area contributed by atoms with Crippen molar-refractivity contribution in [3.05, 3.63) is 41.8 Å². The highest BCUT2D eigenvalue weighted by Crippen LogP contribution is 2.21. The van der Waals surface area contributed by atoms with Crippen molar-refractivity contribution in [2.45, 2.75) is 6.92 Å². The maximum Gasteiger partial charge on any atom is 0.255 e. The van der Waals surface area contributed by atoms with Gasteiger partial charge in [0.2, 0.25) is 0 Å². The Morgan fingerprint density at radius 3 is 2.80 bits per heavy atom. The van der Waals surface area contributed by atoms with Crippen LogP contribution in [-0.2, 0) is 0 Å². The monoisotopic (exact) mass is 276 g/mol. The minimum atomic E-state index is -0.323. The molecule has 1 heterocycles. The topological polar surface area (TPSA) is 83.8 Å².